The highest BCUT2D eigenvalue weighted by Crippen LogP contribution is 2.60. The molecule has 1 N–H and O–H groups in total. The molecule has 5 aromatic rings. The second kappa shape index (κ2) is 18.7. The summed E-state index contributed by atoms with van der Waals surface area (Å²) >= 11 is 18.2. The second-order valence-electron chi connectivity index (χ2n) is 15.0. The van der Waals surface area contributed by atoms with Gasteiger partial charge in [-0.3, -0.25) is 19.8 Å². The summed E-state index contributed by atoms with van der Waals surface area (Å²) < 4.78 is 25.5. The van der Waals surface area contributed by atoms with Gasteiger partial charge in [0.2, 0.25) is 6.10 Å². The van der Waals surface area contributed by atoms with Crippen molar-refractivity contribution in [3.63, 3.8) is 0 Å². The zero-order valence-corrected chi connectivity index (χ0v) is 34.6. The van der Waals surface area contributed by atoms with Gasteiger partial charge in [0, 0.05) is 31.8 Å². The van der Waals surface area contributed by atoms with Gasteiger partial charge in [0.15, 0.2) is 11.6 Å². The third-order valence-corrected chi connectivity index (χ3v) is 10.3. The summed E-state index contributed by atoms with van der Waals surface area (Å²) in [6.07, 6.45) is 0.621. The highest BCUT2D eigenvalue weighted by atomic mass is 35.5. The average molecular weight is 841 g/mol. The molecule has 2 amide bonds. The first kappa shape index (κ1) is 43.5. The van der Waals surface area contributed by atoms with Crippen molar-refractivity contribution in [3.8, 4) is 17.6 Å². The zero-order chi connectivity index (χ0) is 42.2. The predicted molar refractivity (Wildman–Crippen MR) is 225 cm³/mol. The number of carbonyl (C=O) groups is 3. The van der Waals surface area contributed by atoms with E-state index >= 15 is 0 Å². The number of para-hydroxylation sites is 1. The Morgan fingerprint density at radius 2 is 1.38 bits per heavy atom. The highest BCUT2D eigenvalue weighted by Gasteiger charge is 2.62. The number of hydrogen-bond donors (Lipinski definition) is 1. The van der Waals surface area contributed by atoms with E-state index in [4.69, 9.17) is 44.3 Å². The Morgan fingerprint density at radius 1 is 0.828 bits per heavy atom. The molecule has 6 rings (SSSR count). The quantitative estimate of drug-likeness (QED) is 0.117. The van der Waals surface area contributed by atoms with Crippen LogP contribution >= 0.6 is 34.8 Å². The summed E-state index contributed by atoms with van der Waals surface area (Å²) in [5.41, 5.74) is 3.78. The van der Waals surface area contributed by atoms with Crippen molar-refractivity contribution in [1.82, 2.24) is 10.4 Å². The molecular formula is C46H41Cl3FN3O5. The SMILES string of the molecule is CC(C)(C)N(NC(=O)c1ccc(Cl)cc1)C(=O)c1ccccc1.CC1(C)C(/C=C(\Cl)c2ccc(Cl)cc2)C1C(=O)OC(C#N)c1ccc(F)c(Oc2ccccc2)c1. The Morgan fingerprint density at radius 3 is 1.93 bits per heavy atom. The van der Waals surface area contributed by atoms with Crippen LogP contribution in [0.5, 0.6) is 11.5 Å². The van der Waals surface area contributed by atoms with Gasteiger partial charge >= 0.3 is 5.97 Å². The van der Waals surface area contributed by atoms with E-state index in [1.807, 2.05) is 58.9 Å². The lowest BCUT2D eigenvalue weighted by atomic mass is 10.1. The first-order valence-corrected chi connectivity index (χ1v) is 19.3. The van der Waals surface area contributed by atoms with E-state index in [1.165, 1.54) is 23.2 Å². The molecule has 0 aliphatic heterocycles. The van der Waals surface area contributed by atoms with Crippen LogP contribution < -0.4 is 10.2 Å². The number of rotatable bonds is 9. The Balaban J connectivity index is 0.000000242. The number of amides is 2. The molecule has 5 aromatic carbocycles. The van der Waals surface area contributed by atoms with Crippen LogP contribution in [-0.4, -0.2) is 28.3 Å². The van der Waals surface area contributed by atoms with Crippen LogP contribution in [0.15, 0.2) is 133 Å². The van der Waals surface area contributed by atoms with Crippen LogP contribution in [0.25, 0.3) is 5.03 Å². The molecule has 1 fully saturated rings. The maximum absolute atomic E-state index is 14.3. The van der Waals surface area contributed by atoms with Gasteiger partial charge in [-0.05, 0) is 110 Å². The van der Waals surface area contributed by atoms with E-state index < -0.39 is 34.8 Å². The summed E-state index contributed by atoms with van der Waals surface area (Å²) in [5.74, 6) is -1.98. The number of nitriles is 1. The topological polar surface area (TPSA) is 109 Å². The van der Waals surface area contributed by atoms with Crippen LogP contribution in [0.3, 0.4) is 0 Å². The predicted octanol–water partition coefficient (Wildman–Crippen LogP) is 11.9. The van der Waals surface area contributed by atoms with Crippen LogP contribution in [0.4, 0.5) is 4.39 Å². The fourth-order valence-corrected chi connectivity index (χ4v) is 6.55. The molecule has 3 atom stereocenters. The van der Waals surface area contributed by atoms with Crippen LogP contribution in [0.2, 0.25) is 10.0 Å². The van der Waals surface area contributed by atoms with Gasteiger partial charge in [-0.1, -0.05) is 109 Å². The molecule has 8 nitrogen and oxygen atoms in total. The lowest BCUT2D eigenvalue weighted by Crippen LogP contribution is -2.55. The van der Waals surface area contributed by atoms with E-state index in [-0.39, 0.29) is 23.5 Å². The van der Waals surface area contributed by atoms with Gasteiger partial charge in [0.1, 0.15) is 11.8 Å². The summed E-state index contributed by atoms with van der Waals surface area (Å²) in [7, 11) is 0. The molecule has 1 saturated carbocycles. The van der Waals surface area contributed by atoms with Crippen molar-refractivity contribution in [2.75, 3.05) is 0 Å². The number of hydrazine groups is 1. The molecular weight excluding hydrogens is 800 g/mol. The third-order valence-electron chi connectivity index (χ3n) is 9.41. The Labute approximate surface area is 352 Å². The lowest BCUT2D eigenvalue weighted by Gasteiger charge is -2.35. The first-order chi connectivity index (χ1) is 27.5. The van der Waals surface area contributed by atoms with E-state index in [9.17, 15) is 24.0 Å². The molecule has 1 aliphatic carbocycles. The fraction of sp³-hybridized carbons (Fsp3) is 0.217. The Hall–Kier alpha value is -5.66. The normalized spacial score (nSPS) is 16.0. The van der Waals surface area contributed by atoms with Gasteiger partial charge in [-0.2, -0.15) is 5.26 Å². The van der Waals surface area contributed by atoms with Crippen molar-refractivity contribution in [3.05, 3.63) is 172 Å². The molecule has 0 bridgehead atoms. The minimum atomic E-state index is -1.21. The molecule has 58 heavy (non-hydrogen) atoms. The maximum Gasteiger partial charge on any atom is 0.311 e. The number of allylic oxidation sites excluding steroid dienone is 1. The van der Waals surface area contributed by atoms with Gasteiger partial charge in [-0.15, -0.1) is 0 Å². The molecule has 298 valence electrons. The van der Waals surface area contributed by atoms with Crippen molar-refractivity contribution in [1.29, 1.82) is 5.26 Å². The summed E-state index contributed by atoms with van der Waals surface area (Å²) in [6, 6.07) is 37.1. The molecule has 0 radical (unpaired) electrons. The summed E-state index contributed by atoms with van der Waals surface area (Å²) in [5, 5.41) is 12.7. The number of ether oxygens (including phenoxy) is 2. The number of halogens is 4. The zero-order valence-electron chi connectivity index (χ0n) is 32.4. The Bertz CT molecular complexity index is 2310. The highest BCUT2D eigenvalue weighted by molar-refractivity contribution is 6.48. The number of nitrogens with one attached hydrogen (secondary N) is 1. The molecule has 0 saturated heterocycles. The summed E-state index contributed by atoms with van der Waals surface area (Å²) in [6.45, 7) is 9.45. The first-order valence-electron chi connectivity index (χ1n) is 18.2. The monoisotopic (exact) mass is 839 g/mol. The smallest absolute Gasteiger partial charge is 0.311 e. The number of esters is 1. The van der Waals surface area contributed by atoms with Crippen molar-refractivity contribution in [2.24, 2.45) is 17.3 Å². The Kier molecular flexibility index (Phi) is 14.0. The van der Waals surface area contributed by atoms with E-state index in [2.05, 4.69) is 5.43 Å². The van der Waals surface area contributed by atoms with Crippen LogP contribution in [-0.2, 0) is 9.53 Å². The van der Waals surface area contributed by atoms with E-state index in [0.29, 0.717) is 37.5 Å². The van der Waals surface area contributed by atoms with Gasteiger partial charge in [-0.25, -0.2) is 9.40 Å². The largest absolute Gasteiger partial charge is 0.454 e. The fourth-order valence-electron chi connectivity index (χ4n) is 6.04. The molecule has 12 heteroatoms. The third kappa shape index (κ3) is 11.0. The number of hydrogen-bond acceptors (Lipinski definition) is 6. The minimum Gasteiger partial charge on any atom is -0.454 e. The van der Waals surface area contributed by atoms with Crippen LogP contribution in [0.1, 0.15) is 72.6 Å². The van der Waals surface area contributed by atoms with Gasteiger partial charge in [0.25, 0.3) is 11.8 Å². The standard InChI is InChI=1S/C28H22Cl2FNO3.C18H19ClN2O2/c1-28(2)21(15-22(30)17-8-11-19(29)12-9-17)26(28)27(33)35-25(16-32)18-10-13-23(31)24(14-18)34-20-6-4-3-5-7-20;1-18(2,3)21(17(23)14-7-5-4-6-8-14)20-16(22)13-9-11-15(19)12-10-13/h3-15,21,25-26H,1-2H3;4-12H,1-3H3,(H,20,22)/b22-15-;. The number of benzene rings is 5. The lowest BCUT2D eigenvalue weighted by molar-refractivity contribution is -0.149. The molecule has 3 unspecified atom stereocenters. The number of carbonyl (C=O) groups excluding carboxylic acids is 3. The van der Waals surface area contributed by atoms with Gasteiger partial charge < -0.3 is 9.47 Å². The minimum absolute atomic E-state index is 0.0627. The molecule has 0 spiro atoms. The second-order valence-corrected chi connectivity index (χ2v) is 16.3. The molecule has 1 aliphatic rings. The molecule has 0 heterocycles. The average Bonchev–Trinajstić information content (AvgIpc) is 3.75. The van der Waals surface area contributed by atoms with E-state index in [0.717, 1.165) is 5.56 Å². The van der Waals surface area contributed by atoms with Crippen molar-refractivity contribution >= 4 is 57.6 Å². The maximum atomic E-state index is 14.3. The molecule has 0 aromatic heterocycles. The summed E-state index contributed by atoms with van der Waals surface area (Å²) in [4.78, 5) is 38.1. The van der Waals surface area contributed by atoms with Crippen LogP contribution in [0, 0.1) is 34.4 Å². The number of nitrogens with zero attached hydrogens (tertiary/aromatic N) is 2. The van der Waals surface area contributed by atoms with Gasteiger partial charge in [0.05, 0.1) is 11.5 Å². The van der Waals surface area contributed by atoms with E-state index in [1.54, 1.807) is 97.1 Å². The van der Waals surface area contributed by atoms with Crippen molar-refractivity contribution < 1.29 is 28.2 Å². The van der Waals surface area contributed by atoms with Crippen molar-refractivity contribution in [2.45, 2.75) is 46.3 Å².